The minimum absolute atomic E-state index is 0.118. The molecular formula is C11H23NO3S. The molecule has 1 atom stereocenters. The predicted octanol–water partition coefficient (Wildman–Crippen LogP) is 0.968. The Kier molecular flexibility index (Phi) is 4.76. The summed E-state index contributed by atoms with van der Waals surface area (Å²) in [5, 5.41) is 3.24. The van der Waals surface area contributed by atoms with Gasteiger partial charge in [0.05, 0.1) is 23.2 Å². The first kappa shape index (κ1) is 13.9. The summed E-state index contributed by atoms with van der Waals surface area (Å²) in [5.74, 6) is 0.118. The van der Waals surface area contributed by atoms with E-state index in [1.165, 1.54) is 0 Å². The van der Waals surface area contributed by atoms with E-state index in [0.717, 1.165) is 25.9 Å². The molecule has 1 fully saturated rings. The number of piperidine rings is 1. The number of hydrogen-bond acceptors (Lipinski definition) is 4. The van der Waals surface area contributed by atoms with Crippen molar-refractivity contribution in [1.29, 1.82) is 0 Å². The van der Waals surface area contributed by atoms with Gasteiger partial charge in [0.25, 0.3) is 0 Å². The van der Waals surface area contributed by atoms with Crippen LogP contribution in [-0.4, -0.2) is 44.7 Å². The maximum Gasteiger partial charge on any atom is 0.157 e. The summed E-state index contributed by atoms with van der Waals surface area (Å²) in [6.45, 7) is 7.38. The maximum absolute atomic E-state index is 11.8. The standard InChI is InChI=1S/C11H23NO3S/c1-11(2,3)16(13,14)8-7-15-10-5-4-6-12-9-10/h10,12H,4-9H2,1-3H3. The van der Waals surface area contributed by atoms with Gasteiger partial charge in [-0.3, -0.25) is 0 Å². The highest BCUT2D eigenvalue weighted by atomic mass is 32.2. The van der Waals surface area contributed by atoms with Gasteiger partial charge in [-0.25, -0.2) is 8.42 Å². The van der Waals surface area contributed by atoms with Crippen molar-refractivity contribution >= 4 is 9.84 Å². The molecule has 1 aliphatic heterocycles. The van der Waals surface area contributed by atoms with Crippen LogP contribution < -0.4 is 5.32 Å². The molecule has 1 heterocycles. The first-order valence-corrected chi connectivity index (χ1v) is 7.53. The van der Waals surface area contributed by atoms with Gasteiger partial charge in [-0.1, -0.05) is 0 Å². The molecule has 0 aromatic carbocycles. The van der Waals surface area contributed by atoms with Crippen LogP contribution in [0.1, 0.15) is 33.6 Å². The molecule has 0 saturated carbocycles. The molecule has 0 bridgehead atoms. The van der Waals surface area contributed by atoms with Crippen LogP contribution in [0.2, 0.25) is 0 Å². The molecule has 1 rings (SSSR count). The molecule has 0 amide bonds. The second-order valence-electron chi connectivity index (χ2n) is 5.27. The molecule has 0 aromatic heterocycles. The van der Waals surface area contributed by atoms with Crippen molar-refractivity contribution in [2.45, 2.75) is 44.5 Å². The van der Waals surface area contributed by atoms with Crippen molar-refractivity contribution in [3.8, 4) is 0 Å². The third kappa shape index (κ3) is 4.03. The molecule has 0 radical (unpaired) electrons. The predicted molar refractivity (Wildman–Crippen MR) is 65.4 cm³/mol. The van der Waals surface area contributed by atoms with E-state index in [0.29, 0.717) is 6.61 Å². The summed E-state index contributed by atoms with van der Waals surface area (Å²) >= 11 is 0. The van der Waals surface area contributed by atoms with Crippen LogP contribution in [0.5, 0.6) is 0 Å². The summed E-state index contributed by atoms with van der Waals surface area (Å²) in [5.41, 5.74) is 0. The second kappa shape index (κ2) is 5.47. The third-order valence-corrected chi connectivity index (χ3v) is 5.46. The molecular weight excluding hydrogens is 226 g/mol. The number of rotatable bonds is 4. The van der Waals surface area contributed by atoms with Gasteiger partial charge >= 0.3 is 0 Å². The second-order valence-corrected chi connectivity index (χ2v) is 8.13. The van der Waals surface area contributed by atoms with Crippen LogP contribution in [0.15, 0.2) is 0 Å². The van der Waals surface area contributed by atoms with Crippen molar-refractivity contribution < 1.29 is 13.2 Å². The molecule has 1 aliphatic rings. The van der Waals surface area contributed by atoms with E-state index >= 15 is 0 Å². The van der Waals surface area contributed by atoms with Gasteiger partial charge < -0.3 is 10.1 Å². The lowest BCUT2D eigenvalue weighted by Gasteiger charge is -2.24. The minimum atomic E-state index is -3.04. The van der Waals surface area contributed by atoms with Crippen LogP contribution in [0.25, 0.3) is 0 Å². The van der Waals surface area contributed by atoms with E-state index in [-0.39, 0.29) is 11.9 Å². The lowest BCUT2D eigenvalue weighted by Crippen LogP contribution is -2.37. The molecule has 1 N–H and O–H groups in total. The largest absolute Gasteiger partial charge is 0.376 e. The Balaban J connectivity index is 2.29. The lowest BCUT2D eigenvalue weighted by molar-refractivity contribution is 0.0467. The van der Waals surface area contributed by atoms with Crippen LogP contribution in [0.3, 0.4) is 0 Å². The van der Waals surface area contributed by atoms with E-state index in [2.05, 4.69) is 5.32 Å². The molecule has 0 aromatic rings. The molecule has 0 spiro atoms. The molecule has 96 valence electrons. The fourth-order valence-corrected chi connectivity index (χ4v) is 2.52. The van der Waals surface area contributed by atoms with Gasteiger partial charge in [-0.05, 0) is 40.2 Å². The first-order valence-electron chi connectivity index (χ1n) is 5.87. The monoisotopic (exact) mass is 249 g/mol. The first-order chi connectivity index (χ1) is 7.33. The number of ether oxygens (including phenoxy) is 1. The van der Waals surface area contributed by atoms with Gasteiger partial charge in [-0.15, -0.1) is 0 Å². The van der Waals surface area contributed by atoms with Crippen LogP contribution in [0.4, 0.5) is 0 Å². The van der Waals surface area contributed by atoms with Crippen molar-refractivity contribution in [3.05, 3.63) is 0 Å². The molecule has 5 heteroatoms. The van der Waals surface area contributed by atoms with Gasteiger partial charge in [0, 0.05) is 6.54 Å². The average Bonchev–Trinajstić information content (AvgIpc) is 2.17. The quantitative estimate of drug-likeness (QED) is 0.806. The highest BCUT2D eigenvalue weighted by molar-refractivity contribution is 7.92. The van der Waals surface area contributed by atoms with E-state index in [1.54, 1.807) is 20.8 Å². The smallest absolute Gasteiger partial charge is 0.157 e. The maximum atomic E-state index is 11.8. The van der Waals surface area contributed by atoms with Crippen molar-refractivity contribution in [2.75, 3.05) is 25.4 Å². The highest BCUT2D eigenvalue weighted by Crippen LogP contribution is 2.16. The van der Waals surface area contributed by atoms with Crippen molar-refractivity contribution in [3.63, 3.8) is 0 Å². The van der Waals surface area contributed by atoms with Crippen LogP contribution >= 0.6 is 0 Å². The summed E-state index contributed by atoms with van der Waals surface area (Å²) in [6, 6.07) is 0. The fourth-order valence-electron chi connectivity index (χ4n) is 1.59. The zero-order chi connectivity index (χ0) is 12.2. The Morgan fingerprint density at radius 2 is 2.06 bits per heavy atom. The Bertz CT molecular complexity index is 300. The number of hydrogen-bond donors (Lipinski definition) is 1. The van der Waals surface area contributed by atoms with Gasteiger partial charge in [-0.2, -0.15) is 0 Å². The minimum Gasteiger partial charge on any atom is -0.376 e. The summed E-state index contributed by atoms with van der Waals surface area (Å²) < 4.78 is 28.5. The van der Waals surface area contributed by atoms with Crippen molar-refractivity contribution in [1.82, 2.24) is 5.32 Å². The van der Waals surface area contributed by atoms with E-state index < -0.39 is 14.6 Å². The zero-order valence-electron chi connectivity index (χ0n) is 10.5. The van der Waals surface area contributed by atoms with Gasteiger partial charge in [0.1, 0.15) is 0 Å². The van der Waals surface area contributed by atoms with Crippen molar-refractivity contribution in [2.24, 2.45) is 0 Å². The Morgan fingerprint density at radius 3 is 2.56 bits per heavy atom. The Labute approximate surface area is 98.7 Å². The summed E-state index contributed by atoms with van der Waals surface area (Å²) in [7, 11) is -3.04. The number of sulfone groups is 1. The third-order valence-electron chi connectivity index (χ3n) is 2.89. The molecule has 1 unspecified atom stereocenters. The molecule has 0 aliphatic carbocycles. The SMILES string of the molecule is CC(C)(C)S(=O)(=O)CCOC1CCCNC1. The molecule has 1 saturated heterocycles. The normalized spacial score (nSPS) is 23.3. The summed E-state index contributed by atoms with van der Waals surface area (Å²) in [6.07, 6.45) is 2.32. The highest BCUT2D eigenvalue weighted by Gasteiger charge is 2.28. The zero-order valence-corrected chi connectivity index (χ0v) is 11.3. The van der Waals surface area contributed by atoms with Gasteiger partial charge in [0.2, 0.25) is 0 Å². The number of nitrogens with one attached hydrogen (secondary N) is 1. The van der Waals surface area contributed by atoms with E-state index in [4.69, 9.17) is 4.74 Å². The van der Waals surface area contributed by atoms with E-state index in [9.17, 15) is 8.42 Å². The van der Waals surface area contributed by atoms with Gasteiger partial charge in [0.15, 0.2) is 9.84 Å². The average molecular weight is 249 g/mol. The molecule has 4 nitrogen and oxygen atoms in total. The van der Waals surface area contributed by atoms with Crippen LogP contribution in [-0.2, 0) is 14.6 Å². The molecule has 16 heavy (non-hydrogen) atoms. The van der Waals surface area contributed by atoms with Crippen LogP contribution in [0, 0.1) is 0 Å². The lowest BCUT2D eigenvalue weighted by atomic mass is 10.1. The summed E-state index contributed by atoms with van der Waals surface area (Å²) in [4.78, 5) is 0. The Hall–Kier alpha value is -0.130. The topological polar surface area (TPSA) is 55.4 Å². The fraction of sp³-hybridized carbons (Fsp3) is 1.00. The van der Waals surface area contributed by atoms with E-state index in [1.807, 2.05) is 0 Å². The Morgan fingerprint density at radius 1 is 1.38 bits per heavy atom.